The fourth-order valence-electron chi connectivity index (χ4n) is 3.38. The molecule has 4 rings (SSSR count). The molecule has 0 fully saturated rings. The Labute approximate surface area is 172 Å². The number of hydrogen-bond acceptors (Lipinski definition) is 6. The zero-order chi connectivity index (χ0) is 21.6. The van der Waals surface area contributed by atoms with Crippen LogP contribution in [-0.2, 0) is 11.8 Å². The highest BCUT2D eigenvalue weighted by molar-refractivity contribution is 6.31. The molecule has 0 radical (unpaired) electrons. The van der Waals surface area contributed by atoms with Crippen LogP contribution in [0.5, 0.6) is 5.75 Å². The number of carbonyl (C=O) groups excluding carboxylic acids is 3. The van der Waals surface area contributed by atoms with Crippen LogP contribution >= 0.6 is 0 Å². The first-order chi connectivity index (χ1) is 14.3. The van der Waals surface area contributed by atoms with E-state index in [0.29, 0.717) is 5.56 Å². The van der Waals surface area contributed by atoms with Crippen molar-refractivity contribution in [1.82, 2.24) is 9.78 Å². The summed E-state index contributed by atoms with van der Waals surface area (Å²) in [6.45, 7) is 3.09. The molecule has 0 spiro atoms. The topological polar surface area (TPSA) is 104 Å². The van der Waals surface area contributed by atoms with Gasteiger partial charge in [-0.05, 0) is 13.0 Å². The van der Waals surface area contributed by atoms with Gasteiger partial charge in [-0.25, -0.2) is 0 Å². The second-order valence-corrected chi connectivity index (χ2v) is 6.90. The molecular formula is C23H17N3O4. The molecule has 7 nitrogen and oxygen atoms in total. The van der Waals surface area contributed by atoms with E-state index in [1.807, 2.05) is 6.92 Å². The maximum absolute atomic E-state index is 13.2. The van der Waals surface area contributed by atoms with Crippen LogP contribution < -0.4 is 10.5 Å². The number of rotatable bonds is 1. The Hall–Kier alpha value is -4.18. The molecule has 0 atom stereocenters. The molecule has 0 saturated carbocycles. The number of nitrogen functional groups attached to an aromatic ring is 1. The monoisotopic (exact) mass is 399 g/mol. The van der Waals surface area contributed by atoms with Crippen molar-refractivity contribution in [1.29, 1.82) is 0 Å². The number of benzene rings is 2. The highest BCUT2D eigenvalue weighted by Crippen LogP contribution is 2.38. The minimum atomic E-state index is -0.622. The lowest BCUT2D eigenvalue weighted by atomic mass is 9.81. The molecule has 1 aromatic heterocycles. The lowest BCUT2D eigenvalue weighted by Crippen LogP contribution is -2.24. The van der Waals surface area contributed by atoms with Crippen molar-refractivity contribution >= 4 is 23.2 Å². The third-order valence-electron chi connectivity index (χ3n) is 5.02. The molecule has 7 heteroatoms. The number of fused-ring (bicyclic) bond motifs is 2. The van der Waals surface area contributed by atoms with E-state index < -0.39 is 17.5 Å². The van der Waals surface area contributed by atoms with Gasteiger partial charge in [0.15, 0.2) is 11.6 Å². The van der Waals surface area contributed by atoms with Gasteiger partial charge in [0.25, 0.3) is 0 Å². The normalized spacial score (nSPS) is 12.0. The van der Waals surface area contributed by atoms with E-state index >= 15 is 0 Å². The molecule has 30 heavy (non-hydrogen) atoms. The third-order valence-corrected chi connectivity index (χ3v) is 5.02. The molecule has 3 aromatic rings. The molecule has 0 saturated heterocycles. The van der Waals surface area contributed by atoms with Crippen LogP contribution in [0.3, 0.4) is 0 Å². The quantitative estimate of drug-likeness (QED) is 0.228. The first-order valence-corrected chi connectivity index (χ1v) is 9.13. The van der Waals surface area contributed by atoms with Crippen LogP contribution in [0, 0.1) is 18.8 Å². The Morgan fingerprint density at radius 3 is 2.23 bits per heavy atom. The highest BCUT2D eigenvalue weighted by atomic mass is 16.5. The van der Waals surface area contributed by atoms with E-state index in [0.717, 1.165) is 5.69 Å². The van der Waals surface area contributed by atoms with Crippen LogP contribution in [0.1, 0.15) is 55.6 Å². The van der Waals surface area contributed by atoms with Gasteiger partial charge in [0.2, 0.25) is 0 Å². The second-order valence-electron chi connectivity index (χ2n) is 6.90. The first-order valence-electron chi connectivity index (χ1n) is 9.13. The van der Waals surface area contributed by atoms with Crippen molar-refractivity contribution in [3.05, 3.63) is 75.6 Å². The number of nitrogens with zero attached hydrogens (tertiary/aromatic N) is 2. The van der Waals surface area contributed by atoms with Crippen LogP contribution in [0.25, 0.3) is 0 Å². The largest absolute Gasteiger partial charge is 0.426 e. The van der Waals surface area contributed by atoms with Crippen LogP contribution in [-0.4, -0.2) is 27.3 Å². The number of carbonyl (C=O) groups is 3. The van der Waals surface area contributed by atoms with Crippen molar-refractivity contribution < 1.29 is 19.1 Å². The third kappa shape index (κ3) is 2.95. The number of esters is 1. The minimum absolute atomic E-state index is 0.00431. The van der Waals surface area contributed by atoms with Gasteiger partial charge in [0, 0.05) is 25.1 Å². The number of ether oxygens (including phenoxy) is 1. The smallest absolute Gasteiger partial charge is 0.308 e. The summed E-state index contributed by atoms with van der Waals surface area (Å²) < 4.78 is 6.95. The van der Waals surface area contributed by atoms with Crippen molar-refractivity contribution in [2.24, 2.45) is 7.05 Å². The number of ketones is 2. The van der Waals surface area contributed by atoms with E-state index in [4.69, 9.17) is 10.5 Å². The van der Waals surface area contributed by atoms with Crippen molar-refractivity contribution in [3.63, 3.8) is 0 Å². The lowest BCUT2D eigenvalue weighted by molar-refractivity contribution is -0.131. The van der Waals surface area contributed by atoms with Gasteiger partial charge >= 0.3 is 5.97 Å². The maximum atomic E-state index is 13.2. The zero-order valence-electron chi connectivity index (χ0n) is 16.6. The summed E-state index contributed by atoms with van der Waals surface area (Å²) >= 11 is 0. The summed E-state index contributed by atoms with van der Waals surface area (Å²) in [5.74, 6) is 4.40. The molecule has 2 aromatic carbocycles. The molecule has 0 amide bonds. The molecule has 1 aliphatic carbocycles. The Balaban J connectivity index is 1.96. The molecule has 0 bridgehead atoms. The molecule has 0 aliphatic heterocycles. The fourth-order valence-corrected chi connectivity index (χ4v) is 3.38. The summed E-state index contributed by atoms with van der Waals surface area (Å²) in [6, 6.07) is 7.90. The summed E-state index contributed by atoms with van der Waals surface area (Å²) in [5, 5.41) is 4.14. The second kappa shape index (κ2) is 7.01. The summed E-state index contributed by atoms with van der Waals surface area (Å²) in [7, 11) is 1.80. The standard InChI is InChI=1S/C23H17N3O4/c1-12-15(11-25-26(12)3)9-8-14-10-18(30-13(2)27)19-20(21(14)24)23(29)17-7-5-4-6-16(17)22(19)28/h4-7,10-11H,24H2,1-3H3. The zero-order valence-corrected chi connectivity index (χ0v) is 16.6. The predicted molar refractivity (Wildman–Crippen MR) is 109 cm³/mol. The van der Waals surface area contributed by atoms with Crippen molar-refractivity contribution in [2.75, 3.05) is 5.73 Å². The van der Waals surface area contributed by atoms with E-state index in [-0.39, 0.29) is 39.3 Å². The Kier molecular flexibility index (Phi) is 4.47. The molecule has 1 heterocycles. The van der Waals surface area contributed by atoms with Gasteiger partial charge in [-0.15, -0.1) is 0 Å². The van der Waals surface area contributed by atoms with Gasteiger partial charge in [-0.3, -0.25) is 19.1 Å². The van der Waals surface area contributed by atoms with Gasteiger partial charge in [-0.2, -0.15) is 5.10 Å². The van der Waals surface area contributed by atoms with Crippen LogP contribution in [0.2, 0.25) is 0 Å². The highest BCUT2D eigenvalue weighted by Gasteiger charge is 2.35. The van der Waals surface area contributed by atoms with Gasteiger partial charge in [0.05, 0.1) is 39.8 Å². The van der Waals surface area contributed by atoms with Crippen LogP contribution in [0.4, 0.5) is 5.69 Å². The van der Waals surface area contributed by atoms with E-state index in [2.05, 4.69) is 16.9 Å². The number of anilines is 1. The minimum Gasteiger partial charge on any atom is -0.426 e. The van der Waals surface area contributed by atoms with Gasteiger partial charge in [-0.1, -0.05) is 36.1 Å². The van der Waals surface area contributed by atoms with Gasteiger partial charge < -0.3 is 10.5 Å². The average Bonchev–Trinajstić information content (AvgIpc) is 3.03. The maximum Gasteiger partial charge on any atom is 0.308 e. The van der Waals surface area contributed by atoms with Gasteiger partial charge in [0.1, 0.15) is 5.75 Å². The number of nitrogens with two attached hydrogens (primary N) is 1. The fraction of sp³-hybridized carbons (Fsp3) is 0.130. The number of aryl methyl sites for hydroxylation is 1. The molecular weight excluding hydrogens is 382 g/mol. The Bertz CT molecular complexity index is 1320. The number of hydrogen-bond donors (Lipinski definition) is 1. The number of aromatic nitrogens is 2. The SMILES string of the molecule is CC(=O)Oc1cc(C#Cc2cnn(C)c2C)c(N)c2c1C(=O)c1ccccc1C2=O. The average molecular weight is 399 g/mol. The lowest BCUT2D eigenvalue weighted by Gasteiger charge is -2.22. The van der Waals surface area contributed by atoms with E-state index in [9.17, 15) is 14.4 Å². The summed E-state index contributed by atoms with van der Waals surface area (Å²) in [4.78, 5) is 37.9. The van der Waals surface area contributed by atoms with Crippen molar-refractivity contribution in [3.8, 4) is 17.6 Å². The van der Waals surface area contributed by atoms with Crippen molar-refractivity contribution in [2.45, 2.75) is 13.8 Å². The summed E-state index contributed by atoms with van der Waals surface area (Å²) in [6.07, 6.45) is 1.62. The van der Waals surface area contributed by atoms with Crippen LogP contribution in [0.15, 0.2) is 36.5 Å². The molecule has 1 aliphatic rings. The van der Waals surface area contributed by atoms with E-state index in [1.165, 1.54) is 13.0 Å². The molecule has 0 unspecified atom stereocenters. The molecule has 148 valence electrons. The summed E-state index contributed by atoms with van der Waals surface area (Å²) in [5.41, 5.74) is 8.68. The van der Waals surface area contributed by atoms with E-state index in [1.54, 1.807) is 42.2 Å². The Morgan fingerprint density at radius 2 is 1.67 bits per heavy atom. The Morgan fingerprint density at radius 1 is 1.07 bits per heavy atom. The first kappa shape index (κ1) is 19.2. The molecule has 2 N–H and O–H groups in total. The predicted octanol–water partition coefficient (Wildman–Crippen LogP) is 2.41.